The second kappa shape index (κ2) is 4.42. The van der Waals surface area contributed by atoms with Gasteiger partial charge in [0.25, 0.3) is 0 Å². The summed E-state index contributed by atoms with van der Waals surface area (Å²) in [5.74, 6) is 1.65. The maximum absolute atomic E-state index is 10.7. The molecule has 2 heteroatoms. The molecule has 2 rings (SSSR count). The molecule has 4 unspecified atom stereocenters. The Balaban J connectivity index is 1.99. The molecule has 1 aliphatic carbocycles. The van der Waals surface area contributed by atoms with Crippen molar-refractivity contribution in [3.05, 3.63) is 0 Å². The van der Waals surface area contributed by atoms with E-state index in [9.17, 15) is 5.11 Å². The first kappa shape index (κ1) is 11.4. The summed E-state index contributed by atoms with van der Waals surface area (Å²) in [4.78, 5) is 0. The predicted molar refractivity (Wildman–Crippen MR) is 60.7 cm³/mol. The van der Waals surface area contributed by atoms with Gasteiger partial charge in [0.05, 0.1) is 12.2 Å². The van der Waals surface area contributed by atoms with E-state index in [1.807, 2.05) is 6.92 Å². The minimum Gasteiger partial charge on any atom is -0.390 e. The minimum absolute atomic E-state index is 0.368. The summed E-state index contributed by atoms with van der Waals surface area (Å²) < 4.78 is 5.40. The van der Waals surface area contributed by atoms with Crippen molar-refractivity contribution in [3.63, 3.8) is 0 Å². The molecule has 1 saturated heterocycles. The topological polar surface area (TPSA) is 29.5 Å². The van der Waals surface area contributed by atoms with Crippen LogP contribution in [0, 0.1) is 17.8 Å². The van der Waals surface area contributed by atoms with Crippen molar-refractivity contribution >= 4 is 0 Å². The fraction of sp³-hybridized carbons (Fsp3) is 1.00. The molecule has 1 aliphatic heterocycles. The highest BCUT2D eigenvalue weighted by Crippen LogP contribution is 2.41. The zero-order valence-electron chi connectivity index (χ0n) is 10.0. The predicted octanol–water partition coefficient (Wildman–Crippen LogP) is 2.60. The molecule has 0 spiro atoms. The molecule has 0 bridgehead atoms. The van der Waals surface area contributed by atoms with Gasteiger partial charge in [0.2, 0.25) is 0 Å². The van der Waals surface area contributed by atoms with Gasteiger partial charge in [-0.05, 0) is 38.0 Å². The zero-order valence-corrected chi connectivity index (χ0v) is 10.0. The highest BCUT2D eigenvalue weighted by atomic mass is 16.5. The van der Waals surface area contributed by atoms with Gasteiger partial charge >= 0.3 is 0 Å². The number of rotatable bonds is 2. The summed E-state index contributed by atoms with van der Waals surface area (Å²) in [7, 11) is 0. The quantitative estimate of drug-likeness (QED) is 0.762. The van der Waals surface area contributed by atoms with Crippen molar-refractivity contribution in [1.82, 2.24) is 0 Å². The molecule has 2 nitrogen and oxygen atoms in total. The van der Waals surface area contributed by atoms with Crippen molar-refractivity contribution in [2.75, 3.05) is 13.2 Å². The lowest BCUT2D eigenvalue weighted by Crippen LogP contribution is -2.44. The third-order valence-corrected chi connectivity index (χ3v) is 4.52. The van der Waals surface area contributed by atoms with Gasteiger partial charge in [0.15, 0.2) is 0 Å². The molecular weight excluding hydrogens is 188 g/mol. The average molecular weight is 212 g/mol. The summed E-state index contributed by atoms with van der Waals surface area (Å²) >= 11 is 0. The van der Waals surface area contributed by atoms with E-state index >= 15 is 0 Å². The first-order chi connectivity index (χ1) is 7.10. The van der Waals surface area contributed by atoms with Gasteiger partial charge in [0, 0.05) is 12.5 Å². The lowest BCUT2D eigenvalue weighted by Gasteiger charge is -2.41. The smallest absolute Gasteiger partial charge is 0.0698 e. The van der Waals surface area contributed by atoms with Crippen molar-refractivity contribution in [2.24, 2.45) is 17.8 Å². The van der Waals surface area contributed by atoms with Crippen LogP contribution in [0.4, 0.5) is 0 Å². The van der Waals surface area contributed by atoms with E-state index < -0.39 is 5.60 Å². The van der Waals surface area contributed by atoms with E-state index in [4.69, 9.17) is 4.74 Å². The molecule has 0 aromatic rings. The standard InChI is InChI=1S/C13H24O2/c1-10-4-3-5-11(8-10)13(2,14)12-6-7-15-9-12/h10-12,14H,3-9H2,1-2H3. The highest BCUT2D eigenvalue weighted by molar-refractivity contribution is 4.92. The van der Waals surface area contributed by atoms with Crippen molar-refractivity contribution in [2.45, 2.75) is 51.6 Å². The van der Waals surface area contributed by atoms with E-state index in [0.717, 1.165) is 25.6 Å². The second-order valence-corrected chi connectivity index (χ2v) is 5.76. The molecular formula is C13H24O2. The molecule has 1 N–H and O–H groups in total. The molecule has 1 saturated carbocycles. The first-order valence-corrected chi connectivity index (χ1v) is 6.41. The molecule has 15 heavy (non-hydrogen) atoms. The second-order valence-electron chi connectivity index (χ2n) is 5.76. The van der Waals surface area contributed by atoms with Crippen LogP contribution in [0.25, 0.3) is 0 Å². The van der Waals surface area contributed by atoms with Gasteiger partial charge in [-0.1, -0.05) is 19.8 Å². The maximum Gasteiger partial charge on any atom is 0.0698 e. The molecule has 2 aliphatic rings. The summed E-state index contributed by atoms with van der Waals surface area (Å²) in [5.41, 5.74) is -0.495. The zero-order chi connectivity index (χ0) is 10.9. The third kappa shape index (κ3) is 2.36. The lowest BCUT2D eigenvalue weighted by molar-refractivity contribution is -0.0724. The van der Waals surface area contributed by atoms with E-state index in [0.29, 0.717) is 11.8 Å². The maximum atomic E-state index is 10.7. The van der Waals surface area contributed by atoms with Crippen LogP contribution in [0.15, 0.2) is 0 Å². The average Bonchev–Trinajstić information content (AvgIpc) is 2.71. The summed E-state index contributed by atoms with van der Waals surface area (Å²) in [5, 5.41) is 10.7. The van der Waals surface area contributed by atoms with Gasteiger partial charge in [-0.3, -0.25) is 0 Å². The molecule has 88 valence electrons. The Hall–Kier alpha value is -0.0800. The van der Waals surface area contributed by atoms with E-state index in [1.165, 1.54) is 25.7 Å². The Labute approximate surface area is 93.0 Å². The Morgan fingerprint density at radius 2 is 2.00 bits per heavy atom. The molecule has 0 aromatic heterocycles. The van der Waals surface area contributed by atoms with Crippen LogP contribution >= 0.6 is 0 Å². The number of ether oxygens (including phenoxy) is 1. The van der Waals surface area contributed by atoms with E-state index in [-0.39, 0.29) is 0 Å². The van der Waals surface area contributed by atoms with Crippen LogP contribution in [0.2, 0.25) is 0 Å². The molecule has 1 heterocycles. The summed E-state index contributed by atoms with van der Waals surface area (Å²) in [6.45, 7) is 5.95. The third-order valence-electron chi connectivity index (χ3n) is 4.52. The molecule has 4 atom stereocenters. The largest absolute Gasteiger partial charge is 0.390 e. The normalized spacial score (nSPS) is 41.4. The minimum atomic E-state index is -0.495. The first-order valence-electron chi connectivity index (χ1n) is 6.41. The van der Waals surface area contributed by atoms with Crippen molar-refractivity contribution < 1.29 is 9.84 Å². The van der Waals surface area contributed by atoms with Crippen molar-refractivity contribution in [3.8, 4) is 0 Å². The Bertz CT molecular complexity index is 207. The fourth-order valence-corrected chi connectivity index (χ4v) is 3.29. The van der Waals surface area contributed by atoms with Crippen LogP contribution in [-0.4, -0.2) is 23.9 Å². The highest BCUT2D eigenvalue weighted by Gasteiger charge is 2.42. The van der Waals surface area contributed by atoms with Gasteiger partial charge in [-0.2, -0.15) is 0 Å². The number of aliphatic hydroxyl groups is 1. The molecule has 2 fully saturated rings. The van der Waals surface area contributed by atoms with Gasteiger partial charge < -0.3 is 9.84 Å². The van der Waals surface area contributed by atoms with Crippen LogP contribution in [-0.2, 0) is 4.74 Å². The number of hydrogen-bond donors (Lipinski definition) is 1. The van der Waals surface area contributed by atoms with Gasteiger partial charge in [-0.15, -0.1) is 0 Å². The molecule has 0 amide bonds. The van der Waals surface area contributed by atoms with Crippen LogP contribution in [0.1, 0.15) is 46.0 Å². The Morgan fingerprint density at radius 1 is 1.20 bits per heavy atom. The van der Waals surface area contributed by atoms with Crippen LogP contribution in [0.3, 0.4) is 0 Å². The molecule has 0 radical (unpaired) electrons. The Kier molecular flexibility index (Phi) is 3.36. The fourth-order valence-electron chi connectivity index (χ4n) is 3.29. The van der Waals surface area contributed by atoms with Crippen LogP contribution < -0.4 is 0 Å². The lowest BCUT2D eigenvalue weighted by atomic mass is 9.69. The van der Waals surface area contributed by atoms with E-state index in [1.54, 1.807) is 0 Å². The van der Waals surface area contributed by atoms with Gasteiger partial charge in [0.1, 0.15) is 0 Å². The molecule has 0 aromatic carbocycles. The van der Waals surface area contributed by atoms with Crippen molar-refractivity contribution in [1.29, 1.82) is 0 Å². The number of hydrogen-bond acceptors (Lipinski definition) is 2. The summed E-state index contributed by atoms with van der Waals surface area (Å²) in [6.07, 6.45) is 6.07. The SMILES string of the molecule is CC1CCCC(C(C)(O)C2CCOC2)C1. The Morgan fingerprint density at radius 3 is 2.60 bits per heavy atom. The monoisotopic (exact) mass is 212 g/mol. The van der Waals surface area contributed by atoms with Gasteiger partial charge in [-0.25, -0.2) is 0 Å². The van der Waals surface area contributed by atoms with E-state index in [2.05, 4.69) is 6.92 Å². The summed E-state index contributed by atoms with van der Waals surface area (Å²) in [6, 6.07) is 0. The van der Waals surface area contributed by atoms with Crippen LogP contribution in [0.5, 0.6) is 0 Å².